The van der Waals surface area contributed by atoms with Gasteiger partial charge in [0.1, 0.15) is 0 Å². The first-order valence-electron chi connectivity index (χ1n) is 6.25. The number of benzene rings is 1. The van der Waals surface area contributed by atoms with E-state index in [0.717, 1.165) is 6.54 Å². The van der Waals surface area contributed by atoms with Gasteiger partial charge in [0.05, 0.1) is 0 Å². The molecular weight excluding hydrogens is 218 g/mol. The highest BCUT2D eigenvalue weighted by Crippen LogP contribution is 2.12. The highest BCUT2D eigenvalue weighted by atomic mass is 35.5. The summed E-state index contributed by atoms with van der Waals surface area (Å²) in [6.45, 7) is 3.31. The number of anilines is 1. The van der Waals surface area contributed by atoms with Gasteiger partial charge in [-0.2, -0.15) is 0 Å². The van der Waals surface area contributed by atoms with Crippen LogP contribution in [0.2, 0.25) is 0 Å². The van der Waals surface area contributed by atoms with Crippen LogP contribution in [-0.4, -0.2) is 6.54 Å². The lowest BCUT2D eigenvalue weighted by atomic mass is 10.1. The van der Waals surface area contributed by atoms with E-state index < -0.39 is 0 Å². The van der Waals surface area contributed by atoms with Gasteiger partial charge in [-0.05, 0) is 24.1 Å². The van der Waals surface area contributed by atoms with Gasteiger partial charge in [0.2, 0.25) is 0 Å². The molecule has 0 saturated carbocycles. The maximum Gasteiger partial charge on any atom is 0.0474 e. The first kappa shape index (κ1) is 13.4. The Hall–Kier alpha value is -0.690. The molecule has 0 bridgehead atoms. The first-order valence-corrected chi connectivity index (χ1v) is 6.79. The largest absolute Gasteiger partial charge is 0.385 e. The van der Waals surface area contributed by atoms with Gasteiger partial charge in [-0.15, -0.1) is 11.6 Å². The standard InChI is InChI=1S/C14H22ClN/c1-2-3-4-5-6-10-16-14-9-7-8-13(11-14)12-15/h7-9,11,16H,2-6,10,12H2,1H3. The average Bonchev–Trinajstić information content (AvgIpc) is 2.34. The summed E-state index contributed by atoms with van der Waals surface area (Å²) in [5.74, 6) is 0.589. The summed E-state index contributed by atoms with van der Waals surface area (Å²) in [5, 5.41) is 3.44. The third-order valence-electron chi connectivity index (χ3n) is 2.69. The molecule has 0 aliphatic carbocycles. The van der Waals surface area contributed by atoms with E-state index in [1.54, 1.807) is 0 Å². The van der Waals surface area contributed by atoms with Gasteiger partial charge in [-0.25, -0.2) is 0 Å². The topological polar surface area (TPSA) is 12.0 Å². The smallest absolute Gasteiger partial charge is 0.0474 e. The summed E-state index contributed by atoms with van der Waals surface area (Å²) >= 11 is 5.79. The van der Waals surface area contributed by atoms with Gasteiger partial charge in [0.25, 0.3) is 0 Å². The van der Waals surface area contributed by atoms with E-state index in [1.165, 1.54) is 43.4 Å². The summed E-state index contributed by atoms with van der Waals surface area (Å²) in [5.41, 5.74) is 2.37. The molecule has 0 amide bonds. The Morgan fingerprint density at radius 3 is 2.69 bits per heavy atom. The predicted molar refractivity (Wildman–Crippen MR) is 73.2 cm³/mol. The molecular formula is C14H22ClN. The number of hydrogen-bond acceptors (Lipinski definition) is 1. The van der Waals surface area contributed by atoms with E-state index in [9.17, 15) is 0 Å². The Labute approximate surface area is 104 Å². The molecule has 0 atom stereocenters. The van der Waals surface area contributed by atoms with Crippen LogP contribution in [0.1, 0.15) is 44.6 Å². The molecule has 90 valence electrons. The van der Waals surface area contributed by atoms with Crippen LogP contribution >= 0.6 is 11.6 Å². The minimum absolute atomic E-state index is 0.589. The van der Waals surface area contributed by atoms with Crippen molar-refractivity contribution in [1.82, 2.24) is 0 Å². The van der Waals surface area contributed by atoms with Crippen molar-refractivity contribution in [3.8, 4) is 0 Å². The molecule has 16 heavy (non-hydrogen) atoms. The zero-order valence-electron chi connectivity index (χ0n) is 10.1. The van der Waals surface area contributed by atoms with E-state index >= 15 is 0 Å². The Morgan fingerprint density at radius 2 is 1.94 bits per heavy atom. The highest BCUT2D eigenvalue weighted by Gasteiger charge is 1.94. The molecule has 1 aromatic carbocycles. The molecule has 1 aromatic rings. The molecule has 0 radical (unpaired) electrons. The van der Waals surface area contributed by atoms with Gasteiger partial charge < -0.3 is 5.32 Å². The van der Waals surface area contributed by atoms with Gasteiger partial charge in [0, 0.05) is 18.1 Å². The normalized spacial score (nSPS) is 10.4. The monoisotopic (exact) mass is 239 g/mol. The minimum atomic E-state index is 0.589. The molecule has 0 aliphatic rings. The average molecular weight is 240 g/mol. The summed E-state index contributed by atoms with van der Waals surface area (Å²) in [6.07, 6.45) is 6.62. The van der Waals surface area contributed by atoms with Crippen molar-refractivity contribution < 1.29 is 0 Å². The van der Waals surface area contributed by atoms with Crippen molar-refractivity contribution in [2.24, 2.45) is 0 Å². The summed E-state index contributed by atoms with van der Waals surface area (Å²) in [7, 11) is 0. The van der Waals surface area contributed by atoms with Crippen LogP contribution in [-0.2, 0) is 5.88 Å². The van der Waals surface area contributed by atoms with E-state index in [0.29, 0.717) is 5.88 Å². The van der Waals surface area contributed by atoms with Crippen molar-refractivity contribution in [2.45, 2.75) is 44.9 Å². The molecule has 0 heterocycles. The molecule has 0 fully saturated rings. The number of alkyl halides is 1. The van der Waals surface area contributed by atoms with Crippen molar-refractivity contribution in [1.29, 1.82) is 0 Å². The molecule has 0 saturated heterocycles. The number of rotatable bonds is 8. The fourth-order valence-corrected chi connectivity index (χ4v) is 1.89. The first-order chi connectivity index (χ1) is 7.86. The van der Waals surface area contributed by atoms with Crippen molar-refractivity contribution in [3.05, 3.63) is 29.8 Å². The molecule has 0 unspecified atom stereocenters. The maximum absolute atomic E-state index is 5.79. The van der Waals surface area contributed by atoms with E-state index in [1.807, 2.05) is 0 Å². The van der Waals surface area contributed by atoms with Crippen molar-refractivity contribution in [2.75, 3.05) is 11.9 Å². The van der Waals surface area contributed by atoms with Crippen LogP contribution in [0, 0.1) is 0 Å². The second-order valence-electron chi connectivity index (χ2n) is 4.17. The van der Waals surface area contributed by atoms with Crippen LogP contribution in [0.25, 0.3) is 0 Å². The number of unbranched alkanes of at least 4 members (excludes halogenated alkanes) is 4. The SMILES string of the molecule is CCCCCCCNc1cccc(CCl)c1. The van der Waals surface area contributed by atoms with Crippen LogP contribution in [0.5, 0.6) is 0 Å². The number of halogens is 1. The molecule has 0 aromatic heterocycles. The Kier molecular flexibility index (Phi) is 7.07. The molecule has 1 N–H and O–H groups in total. The van der Waals surface area contributed by atoms with Crippen LogP contribution in [0.15, 0.2) is 24.3 Å². The van der Waals surface area contributed by atoms with Crippen LogP contribution in [0.4, 0.5) is 5.69 Å². The molecule has 0 spiro atoms. The Morgan fingerprint density at radius 1 is 1.12 bits per heavy atom. The van der Waals surface area contributed by atoms with Gasteiger partial charge in [0.15, 0.2) is 0 Å². The van der Waals surface area contributed by atoms with Crippen LogP contribution < -0.4 is 5.32 Å². The minimum Gasteiger partial charge on any atom is -0.385 e. The van der Waals surface area contributed by atoms with E-state index in [2.05, 4.69) is 36.5 Å². The maximum atomic E-state index is 5.79. The Balaban J connectivity index is 2.16. The molecule has 2 heteroatoms. The van der Waals surface area contributed by atoms with E-state index in [4.69, 9.17) is 11.6 Å². The van der Waals surface area contributed by atoms with Crippen LogP contribution in [0.3, 0.4) is 0 Å². The molecule has 1 rings (SSSR count). The lowest BCUT2D eigenvalue weighted by Crippen LogP contribution is -2.01. The summed E-state index contributed by atoms with van der Waals surface area (Å²) in [6, 6.07) is 8.33. The van der Waals surface area contributed by atoms with Gasteiger partial charge in [-0.1, -0.05) is 44.7 Å². The third-order valence-corrected chi connectivity index (χ3v) is 3.00. The zero-order valence-corrected chi connectivity index (χ0v) is 10.9. The lowest BCUT2D eigenvalue weighted by molar-refractivity contribution is 0.645. The van der Waals surface area contributed by atoms with Crippen molar-refractivity contribution in [3.63, 3.8) is 0 Å². The quantitative estimate of drug-likeness (QED) is 0.507. The van der Waals surface area contributed by atoms with Gasteiger partial charge in [-0.3, -0.25) is 0 Å². The third kappa shape index (κ3) is 5.41. The second kappa shape index (κ2) is 8.46. The fourth-order valence-electron chi connectivity index (χ4n) is 1.73. The predicted octanol–water partition coefficient (Wildman–Crippen LogP) is 4.81. The highest BCUT2D eigenvalue weighted by molar-refractivity contribution is 6.17. The van der Waals surface area contributed by atoms with Crippen molar-refractivity contribution >= 4 is 17.3 Å². The summed E-state index contributed by atoms with van der Waals surface area (Å²) < 4.78 is 0. The second-order valence-corrected chi connectivity index (χ2v) is 4.44. The lowest BCUT2D eigenvalue weighted by Gasteiger charge is -2.07. The number of nitrogens with one attached hydrogen (secondary N) is 1. The van der Waals surface area contributed by atoms with E-state index in [-0.39, 0.29) is 0 Å². The van der Waals surface area contributed by atoms with Gasteiger partial charge >= 0.3 is 0 Å². The molecule has 0 aliphatic heterocycles. The summed E-state index contributed by atoms with van der Waals surface area (Å²) in [4.78, 5) is 0. The Bertz CT molecular complexity index is 286. The zero-order chi connectivity index (χ0) is 11.6. The fraction of sp³-hybridized carbons (Fsp3) is 0.571. The molecule has 1 nitrogen and oxygen atoms in total. The number of hydrogen-bond donors (Lipinski definition) is 1.